The first kappa shape index (κ1) is 8.07. The first-order valence-electron chi connectivity index (χ1n) is 2.59. The summed E-state index contributed by atoms with van der Waals surface area (Å²) in [6, 6.07) is 1.73. The van der Waals surface area contributed by atoms with Crippen LogP contribution in [0.3, 0.4) is 0 Å². The van der Waals surface area contributed by atoms with Crippen molar-refractivity contribution in [2.45, 2.75) is 0 Å². The third-order valence-corrected chi connectivity index (χ3v) is 2.53. The SMILES string of the molecule is COc1ccnc(I)c1Cl. The van der Waals surface area contributed by atoms with Crippen molar-refractivity contribution in [3.05, 3.63) is 21.0 Å². The Bertz CT molecular complexity index is 241. The van der Waals surface area contributed by atoms with Gasteiger partial charge in [-0.05, 0) is 22.6 Å². The van der Waals surface area contributed by atoms with Crippen molar-refractivity contribution in [1.82, 2.24) is 4.98 Å². The van der Waals surface area contributed by atoms with Gasteiger partial charge in [0.25, 0.3) is 0 Å². The second kappa shape index (κ2) is 3.39. The number of hydrogen-bond donors (Lipinski definition) is 0. The number of ether oxygens (including phenoxy) is 1. The van der Waals surface area contributed by atoms with E-state index in [0.717, 1.165) is 3.70 Å². The topological polar surface area (TPSA) is 22.1 Å². The van der Waals surface area contributed by atoms with Gasteiger partial charge in [0.05, 0.1) is 7.11 Å². The van der Waals surface area contributed by atoms with Crippen molar-refractivity contribution in [3.63, 3.8) is 0 Å². The van der Waals surface area contributed by atoms with Gasteiger partial charge < -0.3 is 4.74 Å². The molecule has 1 heterocycles. The monoisotopic (exact) mass is 269 g/mol. The van der Waals surface area contributed by atoms with Crippen LogP contribution in [0.5, 0.6) is 5.75 Å². The van der Waals surface area contributed by atoms with E-state index in [1.165, 1.54) is 0 Å². The molecule has 0 atom stereocenters. The first-order chi connectivity index (χ1) is 4.75. The lowest BCUT2D eigenvalue weighted by Gasteiger charge is -2.01. The van der Waals surface area contributed by atoms with Crippen LogP contribution < -0.4 is 4.74 Å². The molecule has 0 amide bonds. The molecule has 2 nitrogen and oxygen atoms in total. The number of rotatable bonds is 1. The molecule has 0 saturated heterocycles. The largest absolute Gasteiger partial charge is 0.495 e. The average molecular weight is 269 g/mol. The predicted molar refractivity (Wildman–Crippen MR) is 48.5 cm³/mol. The summed E-state index contributed by atoms with van der Waals surface area (Å²) in [5.41, 5.74) is 0. The minimum absolute atomic E-state index is 0.575. The highest BCUT2D eigenvalue weighted by Crippen LogP contribution is 2.26. The summed E-state index contributed by atoms with van der Waals surface area (Å²) in [6.45, 7) is 0. The quantitative estimate of drug-likeness (QED) is 0.577. The average Bonchev–Trinajstić information content (AvgIpc) is 1.95. The van der Waals surface area contributed by atoms with Gasteiger partial charge in [-0.3, -0.25) is 0 Å². The van der Waals surface area contributed by atoms with Crippen LogP contribution in [0.25, 0.3) is 0 Å². The summed E-state index contributed by atoms with van der Waals surface area (Å²) in [6.07, 6.45) is 1.66. The van der Waals surface area contributed by atoms with Gasteiger partial charge in [0.2, 0.25) is 0 Å². The molecule has 0 radical (unpaired) electrons. The van der Waals surface area contributed by atoms with Crippen LogP contribution in [-0.4, -0.2) is 12.1 Å². The van der Waals surface area contributed by atoms with E-state index in [0.29, 0.717) is 10.8 Å². The summed E-state index contributed by atoms with van der Waals surface area (Å²) >= 11 is 7.85. The third-order valence-electron chi connectivity index (χ3n) is 1.03. The van der Waals surface area contributed by atoms with Gasteiger partial charge in [-0.1, -0.05) is 11.6 Å². The maximum atomic E-state index is 5.80. The van der Waals surface area contributed by atoms with Crippen molar-refractivity contribution < 1.29 is 4.74 Å². The zero-order chi connectivity index (χ0) is 7.56. The van der Waals surface area contributed by atoms with Crippen LogP contribution in [0.4, 0.5) is 0 Å². The highest BCUT2D eigenvalue weighted by Gasteiger charge is 2.02. The Hall–Kier alpha value is -0.0300. The fourth-order valence-corrected chi connectivity index (χ4v) is 1.18. The van der Waals surface area contributed by atoms with E-state index >= 15 is 0 Å². The minimum atomic E-state index is 0.575. The number of pyridine rings is 1. The fourth-order valence-electron chi connectivity index (χ4n) is 0.560. The fraction of sp³-hybridized carbons (Fsp3) is 0.167. The Morgan fingerprint density at radius 1 is 1.70 bits per heavy atom. The summed E-state index contributed by atoms with van der Waals surface area (Å²) < 4.78 is 5.71. The smallest absolute Gasteiger partial charge is 0.141 e. The molecule has 4 heteroatoms. The van der Waals surface area contributed by atoms with Crippen molar-refractivity contribution >= 4 is 34.2 Å². The molecule has 10 heavy (non-hydrogen) atoms. The first-order valence-corrected chi connectivity index (χ1v) is 4.05. The van der Waals surface area contributed by atoms with E-state index < -0.39 is 0 Å². The summed E-state index contributed by atoms with van der Waals surface area (Å²) in [7, 11) is 1.58. The molecular weight excluding hydrogens is 264 g/mol. The van der Waals surface area contributed by atoms with Crippen molar-refractivity contribution in [1.29, 1.82) is 0 Å². The minimum Gasteiger partial charge on any atom is -0.495 e. The lowest BCUT2D eigenvalue weighted by atomic mass is 10.4. The molecular formula is C6H5ClINO. The molecule has 1 aromatic heterocycles. The van der Waals surface area contributed by atoms with Crippen LogP contribution in [-0.2, 0) is 0 Å². The summed E-state index contributed by atoms with van der Waals surface area (Å²) in [5, 5.41) is 0.575. The second-order valence-corrected chi connectivity index (χ2v) is 3.02. The Morgan fingerprint density at radius 3 is 2.90 bits per heavy atom. The van der Waals surface area contributed by atoms with E-state index in [4.69, 9.17) is 16.3 Å². The summed E-state index contributed by atoms with van der Waals surface area (Å²) in [5.74, 6) is 0.668. The number of aromatic nitrogens is 1. The van der Waals surface area contributed by atoms with Gasteiger partial charge in [-0.2, -0.15) is 0 Å². The lowest BCUT2D eigenvalue weighted by molar-refractivity contribution is 0.414. The molecule has 0 aromatic carbocycles. The highest BCUT2D eigenvalue weighted by molar-refractivity contribution is 14.1. The van der Waals surface area contributed by atoms with Gasteiger partial charge in [0, 0.05) is 12.3 Å². The van der Waals surface area contributed by atoms with Crippen LogP contribution in [0, 0.1) is 3.70 Å². The molecule has 1 aromatic rings. The highest BCUT2D eigenvalue weighted by atomic mass is 127. The second-order valence-electron chi connectivity index (χ2n) is 1.62. The lowest BCUT2D eigenvalue weighted by Crippen LogP contribution is -1.87. The standard InChI is InChI=1S/C6H5ClINO/c1-10-4-2-3-9-6(8)5(4)7/h2-3H,1H3. The van der Waals surface area contributed by atoms with Crippen molar-refractivity contribution in [2.75, 3.05) is 7.11 Å². The zero-order valence-electron chi connectivity index (χ0n) is 5.27. The van der Waals surface area contributed by atoms with Gasteiger partial charge >= 0.3 is 0 Å². The Balaban J connectivity index is 3.14. The van der Waals surface area contributed by atoms with E-state index in [9.17, 15) is 0 Å². The Morgan fingerprint density at radius 2 is 2.40 bits per heavy atom. The predicted octanol–water partition coefficient (Wildman–Crippen LogP) is 2.35. The summed E-state index contributed by atoms with van der Waals surface area (Å²) in [4.78, 5) is 3.96. The maximum Gasteiger partial charge on any atom is 0.141 e. The van der Waals surface area contributed by atoms with Gasteiger partial charge in [0.1, 0.15) is 14.5 Å². The van der Waals surface area contributed by atoms with Crippen LogP contribution >= 0.6 is 34.2 Å². The van der Waals surface area contributed by atoms with Crippen LogP contribution in [0.2, 0.25) is 5.02 Å². The Kier molecular flexibility index (Phi) is 2.73. The van der Waals surface area contributed by atoms with E-state index in [2.05, 4.69) is 27.6 Å². The zero-order valence-corrected chi connectivity index (χ0v) is 8.18. The van der Waals surface area contributed by atoms with Crippen molar-refractivity contribution in [3.8, 4) is 5.75 Å². The molecule has 0 spiro atoms. The number of halogens is 2. The van der Waals surface area contributed by atoms with Gasteiger partial charge in [0.15, 0.2) is 0 Å². The third kappa shape index (κ3) is 1.52. The van der Waals surface area contributed by atoms with Gasteiger partial charge in [-0.15, -0.1) is 0 Å². The molecule has 0 bridgehead atoms. The van der Waals surface area contributed by atoms with E-state index in [1.807, 2.05) is 0 Å². The molecule has 0 N–H and O–H groups in total. The Labute approximate surface area is 77.7 Å². The molecule has 0 fully saturated rings. The normalized spacial score (nSPS) is 9.50. The molecule has 0 saturated carbocycles. The molecule has 0 aliphatic carbocycles. The number of hydrogen-bond acceptors (Lipinski definition) is 2. The molecule has 1 rings (SSSR count). The van der Waals surface area contributed by atoms with Crippen LogP contribution in [0.15, 0.2) is 12.3 Å². The molecule has 0 aliphatic heterocycles. The number of nitrogens with zero attached hydrogens (tertiary/aromatic N) is 1. The van der Waals surface area contributed by atoms with Crippen LogP contribution in [0.1, 0.15) is 0 Å². The molecule has 0 aliphatic rings. The number of methoxy groups -OCH3 is 1. The molecule has 54 valence electrons. The van der Waals surface area contributed by atoms with E-state index in [-0.39, 0.29) is 0 Å². The maximum absolute atomic E-state index is 5.80. The molecule has 0 unspecified atom stereocenters. The van der Waals surface area contributed by atoms with Crippen molar-refractivity contribution in [2.24, 2.45) is 0 Å². The van der Waals surface area contributed by atoms with Gasteiger partial charge in [-0.25, -0.2) is 4.98 Å². The van der Waals surface area contributed by atoms with E-state index in [1.54, 1.807) is 19.4 Å².